The molecule has 0 amide bonds. The van der Waals surface area contributed by atoms with Crippen LogP contribution in [0.3, 0.4) is 0 Å². The van der Waals surface area contributed by atoms with Crippen LogP contribution in [0.5, 0.6) is 0 Å². The van der Waals surface area contributed by atoms with Crippen molar-refractivity contribution >= 4 is 12.6 Å². The predicted octanol–water partition coefficient (Wildman–Crippen LogP) is 1.66. The highest BCUT2D eigenvalue weighted by Crippen LogP contribution is 2.13. The molecule has 1 aromatic carbocycles. The maximum absolute atomic E-state index is 13.3. The molecule has 0 atom stereocenters. The van der Waals surface area contributed by atoms with Gasteiger partial charge in [0.25, 0.3) is 0 Å². The van der Waals surface area contributed by atoms with Gasteiger partial charge >= 0.3 is 6.98 Å². The number of benzene rings is 1. The Labute approximate surface area is 98.3 Å². The van der Waals surface area contributed by atoms with Crippen molar-refractivity contribution in [2.75, 3.05) is 0 Å². The van der Waals surface area contributed by atoms with Gasteiger partial charge in [0, 0.05) is 17.4 Å². The molecule has 1 aromatic heterocycles. The highest BCUT2D eigenvalue weighted by atomic mass is 19.4. The monoisotopic (exact) mass is 262 g/mol. The van der Waals surface area contributed by atoms with E-state index >= 15 is 0 Å². The maximum atomic E-state index is 13.3. The van der Waals surface area contributed by atoms with E-state index < -0.39 is 30.7 Å². The molecule has 0 spiro atoms. The van der Waals surface area contributed by atoms with Gasteiger partial charge in [-0.25, -0.2) is 8.78 Å². The second-order valence-electron chi connectivity index (χ2n) is 3.62. The Bertz CT molecular complexity index is 545. The third-order valence-corrected chi connectivity index (χ3v) is 2.27. The molecule has 0 saturated carbocycles. The van der Waals surface area contributed by atoms with Crippen molar-refractivity contribution < 1.29 is 21.7 Å². The zero-order valence-corrected chi connectivity index (χ0v) is 8.83. The Morgan fingerprint density at radius 2 is 1.72 bits per heavy atom. The smallest absolute Gasteiger partial charge is 0.444 e. The van der Waals surface area contributed by atoms with Gasteiger partial charge in [0.05, 0.1) is 6.54 Å². The molecule has 9 heteroatoms. The Balaban J connectivity index is 2.27. The summed E-state index contributed by atoms with van der Waals surface area (Å²) in [6, 6.07) is 3.20. The van der Waals surface area contributed by atoms with Crippen LogP contribution in [0.1, 0.15) is 5.56 Å². The minimum absolute atomic E-state index is 0.358. The van der Waals surface area contributed by atoms with Gasteiger partial charge in [0.1, 0.15) is 11.6 Å². The van der Waals surface area contributed by atoms with Crippen LogP contribution in [0.25, 0.3) is 0 Å². The van der Waals surface area contributed by atoms with E-state index in [0.29, 0.717) is 6.20 Å². The van der Waals surface area contributed by atoms with Crippen molar-refractivity contribution in [2.24, 2.45) is 0 Å². The molecule has 0 bridgehead atoms. The van der Waals surface area contributed by atoms with E-state index in [1.54, 1.807) is 0 Å². The fourth-order valence-electron chi connectivity index (χ4n) is 1.39. The minimum atomic E-state index is -5.27. The summed E-state index contributed by atoms with van der Waals surface area (Å²) in [4.78, 5) is 0. The van der Waals surface area contributed by atoms with Crippen molar-refractivity contribution in [3.63, 3.8) is 0 Å². The lowest BCUT2D eigenvalue weighted by Crippen LogP contribution is -2.35. The predicted molar refractivity (Wildman–Crippen MR) is 54.2 cm³/mol. The fraction of sp³-hybridized carbons (Fsp3) is 0.111. The van der Waals surface area contributed by atoms with Gasteiger partial charge < -0.3 is 12.9 Å². The average molecular weight is 262 g/mol. The lowest BCUT2D eigenvalue weighted by molar-refractivity contribution is 0.498. The van der Waals surface area contributed by atoms with Gasteiger partial charge in [-0.3, -0.25) is 4.68 Å². The normalized spacial score (nSPS) is 11.8. The first-order chi connectivity index (χ1) is 8.38. The van der Waals surface area contributed by atoms with E-state index in [0.717, 1.165) is 16.8 Å². The van der Waals surface area contributed by atoms with E-state index in [4.69, 9.17) is 0 Å². The summed E-state index contributed by atoms with van der Waals surface area (Å²) in [5, 5.41) is 6.10. The van der Waals surface area contributed by atoms with Crippen LogP contribution in [0, 0.1) is 11.6 Å². The molecular weight excluding hydrogens is 256 g/mol. The van der Waals surface area contributed by atoms with Crippen LogP contribution in [0.4, 0.5) is 21.7 Å². The molecular formula is C9H6BF5N3-. The van der Waals surface area contributed by atoms with Gasteiger partial charge in [0.2, 0.25) is 0 Å². The maximum Gasteiger partial charge on any atom is 0.531 e. The lowest BCUT2D eigenvalue weighted by Gasteiger charge is -2.08. The summed E-state index contributed by atoms with van der Waals surface area (Å²) in [5.74, 6) is -1.69. The van der Waals surface area contributed by atoms with Crippen molar-refractivity contribution in [2.45, 2.75) is 6.54 Å². The lowest BCUT2D eigenvalue weighted by atomic mass is 9.87. The molecule has 0 aliphatic heterocycles. The fourth-order valence-corrected chi connectivity index (χ4v) is 1.39. The largest absolute Gasteiger partial charge is 0.531 e. The van der Waals surface area contributed by atoms with Crippen LogP contribution in [-0.4, -0.2) is 22.0 Å². The Morgan fingerprint density at radius 3 is 2.22 bits per heavy atom. The number of rotatable bonds is 3. The summed E-state index contributed by atoms with van der Waals surface area (Å²) in [6.45, 7) is -5.71. The molecule has 0 N–H and O–H groups in total. The molecule has 0 saturated heterocycles. The molecule has 0 aliphatic carbocycles. The van der Waals surface area contributed by atoms with Crippen molar-refractivity contribution in [3.8, 4) is 0 Å². The topological polar surface area (TPSA) is 30.7 Å². The van der Waals surface area contributed by atoms with E-state index in [9.17, 15) is 21.7 Å². The van der Waals surface area contributed by atoms with Crippen LogP contribution < -0.4 is 5.59 Å². The Hall–Kier alpha value is -1.93. The first kappa shape index (κ1) is 12.5. The molecule has 0 radical (unpaired) electrons. The SMILES string of the molecule is Fc1cccc(F)c1Cn1cc([B-](F)(F)F)nn1. The number of aromatic nitrogens is 3. The molecule has 0 unspecified atom stereocenters. The van der Waals surface area contributed by atoms with E-state index in [1.807, 2.05) is 0 Å². The zero-order valence-electron chi connectivity index (χ0n) is 8.83. The third kappa shape index (κ3) is 2.49. The summed E-state index contributed by atoms with van der Waals surface area (Å²) in [6.07, 6.45) is 0.617. The summed E-state index contributed by atoms with van der Waals surface area (Å²) in [7, 11) is 0. The van der Waals surface area contributed by atoms with Gasteiger partial charge in [-0.1, -0.05) is 11.3 Å². The highest BCUT2D eigenvalue weighted by molar-refractivity contribution is 6.72. The molecule has 96 valence electrons. The summed E-state index contributed by atoms with van der Waals surface area (Å²) >= 11 is 0. The van der Waals surface area contributed by atoms with E-state index in [-0.39, 0.29) is 5.56 Å². The molecule has 2 rings (SSSR count). The standard InChI is InChI=1S/C9H6BF5N3/c11-7-2-1-3-8(12)6(7)4-18-5-9(16-17-18)10(13,14)15/h1-3,5H,4H2/q-1. The molecule has 1 heterocycles. The highest BCUT2D eigenvalue weighted by Gasteiger charge is 2.29. The molecule has 0 aliphatic rings. The zero-order chi connectivity index (χ0) is 13.3. The number of nitrogens with zero attached hydrogens (tertiary/aromatic N) is 3. The van der Waals surface area contributed by atoms with E-state index in [1.165, 1.54) is 6.07 Å². The minimum Gasteiger partial charge on any atom is -0.444 e. The summed E-state index contributed by atoms with van der Waals surface area (Å²) in [5.41, 5.74) is -1.50. The summed E-state index contributed by atoms with van der Waals surface area (Å²) < 4.78 is 64.1. The molecule has 3 nitrogen and oxygen atoms in total. The number of halogens is 5. The van der Waals surface area contributed by atoms with Crippen LogP contribution >= 0.6 is 0 Å². The molecule has 18 heavy (non-hydrogen) atoms. The van der Waals surface area contributed by atoms with Gasteiger partial charge in [-0.2, -0.15) is 5.10 Å². The second kappa shape index (κ2) is 4.39. The number of hydrogen-bond donors (Lipinski definition) is 0. The Kier molecular flexibility index (Phi) is 3.06. The molecule has 2 aromatic rings. The van der Waals surface area contributed by atoms with Gasteiger partial charge in [-0.15, -0.1) is 0 Å². The average Bonchev–Trinajstić information content (AvgIpc) is 2.72. The van der Waals surface area contributed by atoms with Crippen molar-refractivity contribution in [3.05, 3.63) is 41.6 Å². The molecule has 0 fully saturated rings. The quantitative estimate of drug-likeness (QED) is 0.622. The second-order valence-corrected chi connectivity index (χ2v) is 3.62. The third-order valence-electron chi connectivity index (χ3n) is 2.27. The van der Waals surface area contributed by atoms with Gasteiger partial charge in [0.15, 0.2) is 0 Å². The first-order valence-electron chi connectivity index (χ1n) is 4.91. The van der Waals surface area contributed by atoms with Crippen LogP contribution in [0.15, 0.2) is 24.4 Å². The van der Waals surface area contributed by atoms with Gasteiger partial charge in [-0.05, 0) is 12.1 Å². The van der Waals surface area contributed by atoms with Crippen molar-refractivity contribution in [1.82, 2.24) is 15.0 Å². The van der Waals surface area contributed by atoms with Crippen molar-refractivity contribution in [1.29, 1.82) is 0 Å². The van der Waals surface area contributed by atoms with Crippen LogP contribution in [-0.2, 0) is 6.54 Å². The number of hydrogen-bond acceptors (Lipinski definition) is 2. The van der Waals surface area contributed by atoms with Crippen LogP contribution in [0.2, 0.25) is 0 Å². The van der Waals surface area contributed by atoms with E-state index in [2.05, 4.69) is 10.3 Å². The first-order valence-corrected chi connectivity index (χ1v) is 4.91. The Morgan fingerprint density at radius 1 is 1.11 bits per heavy atom.